The zero-order chi connectivity index (χ0) is 16.0. The van der Waals surface area contributed by atoms with E-state index in [1.165, 1.54) is 12.8 Å². The van der Waals surface area contributed by atoms with Crippen LogP contribution in [0.15, 0.2) is 18.3 Å². The van der Waals surface area contributed by atoms with Crippen LogP contribution in [0.1, 0.15) is 33.6 Å². The lowest BCUT2D eigenvalue weighted by Gasteiger charge is -2.21. The van der Waals surface area contributed by atoms with Crippen molar-refractivity contribution in [3.63, 3.8) is 0 Å². The zero-order valence-corrected chi connectivity index (χ0v) is 13.7. The Morgan fingerprint density at radius 3 is 2.73 bits per heavy atom. The first-order chi connectivity index (χ1) is 10.5. The van der Waals surface area contributed by atoms with E-state index in [9.17, 15) is 4.79 Å². The fraction of sp³-hybridized carbons (Fsp3) is 0.625. The fourth-order valence-corrected chi connectivity index (χ4v) is 2.39. The lowest BCUT2D eigenvalue weighted by atomic mass is 10.2. The molecule has 0 unspecified atom stereocenters. The van der Waals surface area contributed by atoms with Gasteiger partial charge in [-0.25, -0.2) is 9.78 Å². The van der Waals surface area contributed by atoms with Gasteiger partial charge < -0.3 is 20.3 Å². The van der Waals surface area contributed by atoms with Crippen LogP contribution in [-0.4, -0.2) is 42.9 Å². The lowest BCUT2D eigenvalue weighted by Crippen LogP contribution is -2.35. The minimum absolute atomic E-state index is 0.389. The van der Waals surface area contributed by atoms with Crippen molar-refractivity contribution in [1.82, 2.24) is 10.3 Å². The van der Waals surface area contributed by atoms with Gasteiger partial charge >= 0.3 is 6.09 Å². The predicted molar refractivity (Wildman–Crippen MR) is 88.4 cm³/mol. The smallest absolute Gasteiger partial charge is 0.407 e. The van der Waals surface area contributed by atoms with Crippen molar-refractivity contribution in [2.75, 3.05) is 36.4 Å². The predicted octanol–water partition coefficient (Wildman–Crippen LogP) is 2.62. The molecule has 0 radical (unpaired) electrons. The first-order valence-corrected chi connectivity index (χ1v) is 7.86. The maximum Gasteiger partial charge on any atom is 0.407 e. The second-order valence-corrected chi connectivity index (χ2v) is 6.42. The monoisotopic (exact) mass is 306 g/mol. The third kappa shape index (κ3) is 5.09. The number of rotatable bonds is 5. The fourth-order valence-electron chi connectivity index (χ4n) is 2.39. The number of anilines is 2. The van der Waals surface area contributed by atoms with Crippen LogP contribution in [0, 0.1) is 0 Å². The van der Waals surface area contributed by atoms with Crippen molar-refractivity contribution >= 4 is 17.6 Å². The highest BCUT2D eigenvalue weighted by Crippen LogP contribution is 2.25. The van der Waals surface area contributed by atoms with Crippen LogP contribution in [0.3, 0.4) is 0 Å². The molecule has 0 atom stereocenters. The van der Waals surface area contributed by atoms with E-state index in [0.717, 1.165) is 24.6 Å². The number of nitrogens with zero attached hydrogens (tertiary/aromatic N) is 2. The van der Waals surface area contributed by atoms with Gasteiger partial charge in [-0.15, -0.1) is 0 Å². The quantitative estimate of drug-likeness (QED) is 0.819. The number of nitrogens with one attached hydrogen (secondary N) is 2. The Kier molecular flexibility index (Phi) is 5.46. The summed E-state index contributed by atoms with van der Waals surface area (Å²) >= 11 is 0. The molecular formula is C16H26N4O2. The van der Waals surface area contributed by atoms with E-state index in [4.69, 9.17) is 4.74 Å². The summed E-state index contributed by atoms with van der Waals surface area (Å²) in [6.07, 6.45) is 3.87. The van der Waals surface area contributed by atoms with Crippen LogP contribution in [0.5, 0.6) is 0 Å². The molecule has 0 saturated carbocycles. The maximum absolute atomic E-state index is 11.6. The molecule has 0 aromatic carbocycles. The van der Waals surface area contributed by atoms with Gasteiger partial charge in [-0.3, -0.25) is 0 Å². The molecule has 1 aromatic rings. The third-order valence-electron chi connectivity index (χ3n) is 3.30. The zero-order valence-electron chi connectivity index (χ0n) is 13.7. The molecule has 1 saturated heterocycles. The van der Waals surface area contributed by atoms with Crippen molar-refractivity contribution in [1.29, 1.82) is 0 Å². The molecule has 1 amide bonds. The third-order valence-corrected chi connectivity index (χ3v) is 3.30. The van der Waals surface area contributed by atoms with Crippen molar-refractivity contribution in [2.24, 2.45) is 0 Å². The molecule has 2 N–H and O–H groups in total. The maximum atomic E-state index is 11.6. The molecule has 6 nitrogen and oxygen atoms in total. The molecule has 0 aliphatic carbocycles. The normalized spacial score (nSPS) is 14.8. The Labute approximate surface area is 132 Å². The average molecular weight is 306 g/mol. The lowest BCUT2D eigenvalue weighted by molar-refractivity contribution is 0.0530. The Hall–Kier alpha value is -1.98. The highest BCUT2D eigenvalue weighted by atomic mass is 16.6. The van der Waals surface area contributed by atoms with Crippen molar-refractivity contribution < 1.29 is 9.53 Å². The number of alkyl carbamates (subject to hydrolysis) is 1. The summed E-state index contributed by atoms with van der Waals surface area (Å²) in [6, 6.07) is 3.94. The molecule has 1 aliphatic rings. The van der Waals surface area contributed by atoms with Gasteiger partial charge in [-0.2, -0.15) is 0 Å². The van der Waals surface area contributed by atoms with Crippen LogP contribution < -0.4 is 15.5 Å². The van der Waals surface area contributed by atoms with E-state index in [0.29, 0.717) is 13.1 Å². The molecular weight excluding hydrogens is 280 g/mol. The minimum Gasteiger partial charge on any atom is -0.444 e. The first kappa shape index (κ1) is 16.4. The SMILES string of the molecule is CC(C)(C)OC(=O)NCCNc1cccnc1N1CCCC1. The molecule has 6 heteroatoms. The molecule has 0 bridgehead atoms. The number of carbonyl (C=O) groups excluding carboxylic acids is 1. The van der Waals surface area contributed by atoms with Crippen molar-refractivity contribution in [3.8, 4) is 0 Å². The number of hydrogen-bond donors (Lipinski definition) is 2. The number of ether oxygens (including phenoxy) is 1. The number of hydrogen-bond acceptors (Lipinski definition) is 5. The van der Waals surface area contributed by atoms with E-state index in [-0.39, 0.29) is 6.09 Å². The largest absolute Gasteiger partial charge is 0.444 e. The number of carbonyl (C=O) groups is 1. The second kappa shape index (κ2) is 7.33. The van der Waals surface area contributed by atoms with Crippen LogP contribution in [0.2, 0.25) is 0 Å². The summed E-state index contributed by atoms with van der Waals surface area (Å²) in [7, 11) is 0. The van der Waals surface area contributed by atoms with E-state index < -0.39 is 5.60 Å². The van der Waals surface area contributed by atoms with E-state index >= 15 is 0 Å². The number of amides is 1. The Morgan fingerprint density at radius 2 is 2.05 bits per heavy atom. The summed E-state index contributed by atoms with van der Waals surface area (Å²) in [5.74, 6) is 0.997. The van der Waals surface area contributed by atoms with Crippen LogP contribution in [-0.2, 0) is 4.74 Å². The van der Waals surface area contributed by atoms with E-state index in [1.54, 1.807) is 0 Å². The molecule has 122 valence electrons. The van der Waals surface area contributed by atoms with Gasteiger partial charge in [0, 0.05) is 32.4 Å². The molecule has 2 heterocycles. The summed E-state index contributed by atoms with van der Waals surface area (Å²) in [4.78, 5) is 18.3. The van der Waals surface area contributed by atoms with Crippen molar-refractivity contribution in [2.45, 2.75) is 39.2 Å². The topological polar surface area (TPSA) is 66.5 Å². The van der Waals surface area contributed by atoms with Gasteiger partial charge in [0.2, 0.25) is 0 Å². The Bertz CT molecular complexity index is 493. The van der Waals surface area contributed by atoms with E-state index in [1.807, 2.05) is 39.1 Å². The van der Waals surface area contributed by atoms with Crippen molar-refractivity contribution in [3.05, 3.63) is 18.3 Å². The van der Waals surface area contributed by atoms with Crippen LogP contribution in [0.25, 0.3) is 0 Å². The summed E-state index contributed by atoms with van der Waals surface area (Å²) in [5.41, 5.74) is 0.541. The summed E-state index contributed by atoms with van der Waals surface area (Å²) < 4.78 is 5.20. The van der Waals surface area contributed by atoms with Crippen LogP contribution in [0.4, 0.5) is 16.3 Å². The average Bonchev–Trinajstić information content (AvgIpc) is 2.96. The standard InChI is InChI=1S/C16H26N4O2/c1-16(2,3)22-15(21)19-10-9-17-13-7-6-8-18-14(13)20-11-4-5-12-20/h6-8,17H,4-5,9-12H2,1-3H3,(H,19,21). The van der Waals surface area contributed by atoms with Gasteiger partial charge in [0.05, 0.1) is 5.69 Å². The van der Waals surface area contributed by atoms with E-state index in [2.05, 4.69) is 20.5 Å². The molecule has 1 fully saturated rings. The van der Waals surface area contributed by atoms with Gasteiger partial charge in [-0.1, -0.05) is 0 Å². The van der Waals surface area contributed by atoms with Gasteiger partial charge in [0.25, 0.3) is 0 Å². The number of aromatic nitrogens is 1. The summed E-state index contributed by atoms with van der Waals surface area (Å²) in [6.45, 7) is 8.80. The highest BCUT2D eigenvalue weighted by Gasteiger charge is 2.17. The molecule has 0 spiro atoms. The second-order valence-electron chi connectivity index (χ2n) is 6.42. The molecule has 1 aliphatic heterocycles. The molecule has 1 aromatic heterocycles. The van der Waals surface area contributed by atoms with Crippen LogP contribution >= 0.6 is 0 Å². The van der Waals surface area contributed by atoms with Gasteiger partial charge in [0.15, 0.2) is 5.82 Å². The highest BCUT2D eigenvalue weighted by molar-refractivity contribution is 5.68. The molecule has 22 heavy (non-hydrogen) atoms. The Balaban J connectivity index is 1.79. The Morgan fingerprint density at radius 1 is 1.32 bits per heavy atom. The first-order valence-electron chi connectivity index (χ1n) is 7.86. The molecule has 2 rings (SSSR count). The minimum atomic E-state index is -0.468. The summed E-state index contributed by atoms with van der Waals surface area (Å²) in [5, 5.41) is 6.07. The van der Waals surface area contributed by atoms with Gasteiger partial charge in [0.1, 0.15) is 5.60 Å². The van der Waals surface area contributed by atoms with Gasteiger partial charge in [-0.05, 0) is 45.7 Å². The number of pyridine rings is 1.